The first-order valence-electron chi connectivity index (χ1n) is 6.35. The van der Waals surface area contributed by atoms with Crippen LogP contribution in [0.15, 0.2) is 42.5 Å². The van der Waals surface area contributed by atoms with Crippen molar-refractivity contribution in [3.8, 4) is 0 Å². The molecule has 0 aliphatic heterocycles. The fourth-order valence-electron chi connectivity index (χ4n) is 2.05. The first-order chi connectivity index (χ1) is 10.8. The minimum absolute atomic E-state index is 0.664. The fraction of sp³-hybridized carbons (Fsp3) is 0.267. The highest BCUT2D eigenvalue weighted by molar-refractivity contribution is 6.80. The minimum Gasteiger partial charge on any atom is -0.0974 e. The summed E-state index contributed by atoms with van der Waals surface area (Å²) in [5, 5.41) is 1.84. The number of rotatable bonds is 4. The van der Waals surface area contributed by atoms with Gasteiger partial charge in [0.2, 0.25) is 3.79 Å². The van der Waals surface area contributed by atoms with Crippen LogP contribution in [0.25, 0.3) is 10.8 Å². The van der Waals surface area contributed by atoms with E-state index in [1.807, 2.05) is 36.4 Å². The first kappa shape index (κ1) is 21.6. The van der Waals surface area contributed by atoms with Crippen LogP contribution >= 0.6 is 104 Å². The van der Waals surface area contributed by atoms with Crippen LogP contribution in [0, 0.1) is 6.42 Å². The molecule has 0 saturated heterocycles. The lowest BCUT2D eigenvalue weighted by atomic mass is 9.98. The third-order valence-electron chi connectivity index (χ3n) is 3.33. The molecule has 0 amide bonds. The Hall–Kier alpha value is 1.31. The second-order valence-corrected chi connectivity index (χ2v) is 11.3. The predicted octanol–water partition coefficient (Wildman–Crippen LogP) is 8.28. The molecule has 0 fully saturated rings. The Kier molecular flexibility index (Phi) is 6.64. The van der Waals surface area contributed by atoms with Crippen LogP contribution in [0.1, 0.15) is 5.56 Å². The minimum atomic E-state index is -2.31. The van der Waals surface area contributed by atoms with Gasteiger partial charge in [-0.3, -0.25) is 0 Å². The molecule has 2 rings (SSSR count). The van der Waals surface area contributed by atoms with Crippen molar-refractivity contribution in [2.75, 3.05) is 0 Å². The smallest absolute Gasteiger partial charge is 0.0974 e. The van der Waals surface area contributed by atoms with Gasteiger partial charge in [-0.15, -0.1) is 0 Å². The van der Waals surface area contributed by atoms with E-state index in [1.54, 1.807) is 6.07 Å². The van der Waals surface area contributed by atoms with E-state index in [2.05, 4.69) is 0 Å². The zero-order valence-electron chi connectivity index (χ0n) is 11.5. The molecule has 2 aromatic rings. The van der Waals surface area contributed by atoms with Crippen molar-refractivity contribution in [2.45, 2.75) is 16.8 Å². The highest BCUT2D eigenvalue weighted by Crippen LogP contribution is 2.63. The number of halogens is 9. The summed E-state index contributed by atoms with van der Waals surface area (Å²) in [5.74, 6) is 0. The molecule has 0 unspecified atom stereocenters. The van der Waals surface area contributed by atoms with Gasteiger partial charge in [-0.1, -0.05) is 147 Å². The maximum atomic E-state index is 6.35. The van der Waals surface area contributed by atoms with Crippen LogP contribution < -0.4 is 0 Å². The van der Waals surface area contributed by atoms with Crippen molar-refractivity contribution in [3.63, 3.8) is 0 Å². The standard InChI is InChI=1S/C15H8Cl9/c16-12(17,13(18,19)14(20,21)15(22,23)24)8-10-6-3-5-9-4-1-2-7-11(9)10/h1-8H. The Labute approximate surface area is 185 Å². The maximum absolute atomic E-state index is 6.35. The molecule has 0 aliphatic carbocycles. The van der Waals surface area contributed by atoms with Crippen LogP contribution in [0.4, 0.5) is 0 Å². The molecule has 0 saturated carbocycles. The van der Waals surface area contributed by atoms with Crippen molar-refractivity contribution in [3.05, 3.63) is 54.4 Å². The topological polar surface area (TPSA) is 0 Å². The van der Waals surface area contributed by atoms with Crippen molar-refractivity contribution in [2.24, 2.45) is 0 Å². The Morgan fingerprint density at radius 2 is 1.17 bits per heavy atom. The lowest BCUT2D eigenvalue weighted by molar-refractivity contribution is 0.627. The summed E-state index contributed by atoms with van der Waals surface area (Å²) >= 11 is 54.7. The molecule has 24 heavy (non-hydrogen) atoms. The molecule has 9 heteroatoms. The van der Waals surface area contributed by atoms with Gasteiger partial charge < -0.3 is 0 Å². The largest absolute Gasteiger partial charge is 0.226 e. The molecular weight excluding hydrogens is 499 g/mol. The van der Waals surface area contributed by atoms with Crippen LogP contribution in [0.3, 0.4) is 0 Å². The summed E-state index contributed by atoms with van der Waals surface area (Å²) in [6.45, 7) is 0. The highest BCUT2D eigenvalue weighted by Gasteiger charge is 2.68. The first-order valence-corrected chi connectivity index (χ1v) is 9.75. The quantitative estimate of drug-likeness (QED) is 0.366. The zero-order valence-corrected chi connectivity index (χ0v) is 18.3. The van der Waals surface area contributed by atoms with Crippen LogP contribution in [-0.2, 0) is 0 Å². The Morgan fingerprint density at radius 1 is 0.625 bits per heavy atom. The molecule has 0 atom stereocenters. The average molecular weight is 507 g/mol. The molecule has 0 aromatic heterocycles. The lowest BCUT2D eigenvalue weighted by Crippen LogP contribution is -2.56. The van der Waals surface area contributed by atoms with E-state index in [4.69, 9.17) is 104 Å². The number of alkyl halides is 9. The van der Waals surface area contributed by atoms with E-state index in [0.717, 1.165) is 10.8 Å². The Morgan fingerprint density at radius 3 is 1.75 bits per heavy atom. The molecule has 0 N–H and O–H groups in total. The number of benzene rings is 2. The molecule has 1 radical (unpaired) electrons. The number of hydrogen-bond donors (Lipinski definition) is 0. The van der Waals surface area contributed by atoms with Gasteiger partial charge in [0.1, 0.15) is 0 Å². The van der Waals surface area contributed by atoms with E-state index < -0.39 is 16.8 Å². The number of fused-ring (bicyclic) bond motifs is 1. The van der Waals surface area contributed by atoms with Gasteiger partial charge in [-0.25, -0.2) is 0 Å². The normalized spacial score (nSPS) is 14.2. The molecule has 0 bridgehead atoms. The maximum Gasteiger partial charge on any atom is 0.226 e. The average Bonchev–Trinajstić information content (AvgIpc) is 2.45. The van der Waals surface area contributed by atoms with E-state index >= 15 is 0 Å². The summed E-state index contributed by atoms with van der Waals surface area (Å²) in [7, 11) is 0. The van der Waals surface area contributed by atoms with Gasteiger partial charge >= 0.3 is 0 Å². The Balaban J connectivity index is 2.47. The van der Waals surface area contributed by atoms with E-state index in [0.29, 0.717) is 5.56 Å². The lowest BCUT2D eigenvalue weighted by Gasteiger charge is -2.43. The van der Waals surface area contributed by atoms with Gasteiger partial charge in [-0.2, -0.15) is 0 Å². The van der Waals surface area contributed by atoms with Crippen LogP contribution in [-0.4, -0.2) is 16.8 Å². The predicted molar refractivity (Wildman–Crippen MR) is 111 cm³/mol. The van der Waals surface area contributed by atoms with Gasteiger partial charge in [0, 0.05) is 6.42 Å². The summed E-state index contributed by atoms with van der Waals surface area (Å²) in [6.07, 6.45) is 1.41. The second-order valence-electron chi connectivity index (χ2n) is 4.98. The van der Waals surface area contributed by atoms with Crippen molar-refractivity contribution in [1.82, 2.24) is 0 Å². The third-order valence-corrected chi connectivity index (χ3v) is 8.62. The summed E-state index contributed by atoms with van der Waals surface area (Å²) < 4.78 is -8.79. The highest BCUT2D eigenvalue weighted by atomic mass is 35.6. The van der Waals surface area contributed by atoms with Crippen LogP contribution in [0.5, 0.6) is 0 Å². The number of hydrogen-bond acceptors (Lipinski definition) is 0. The third kappa shape index (κ3) is 3.93. The fourth-order valence-corrected chi connectivity index (χ4v) is 4.17. The van der Waals surface area contributed by atoms with E-state index in [-0.39, 0.29) is 0 Å². The molecular formula is C15H8Cl9. The molecule has 2 aromatic carbocycles. The monoisotopic (exact) mass is 503 g/mol. The molecule has 131 valence electrons. The van der Waals surface area contributed by atoms with Gasteiger partial charge in [0.05, 0.1) is 0 Å². The summed E-state index contributed by atoms with van der Waals surface area (Å²) in [5.41, 5.74) is 0.664. The van der Waals surface area contributed by atoms with Gasteiger partial charge in [-0.05, 0) is 16.3 Å². The summed E-state index contributed by atoms with van der Waals surface area (Å²) in [4.78, 5) is 0. The SMILES string of the molecule is ClC(Cl)(Cl)C(Cl)(Cl)C(Cl)(Cl)C(Cl)(Cl)[CH]c1cccc2ccccc12. The van der Waals surface area contributed by atoms with Gasteiger partial charge in [0.25, 0.3) is 0 Å². The zero-order chi connectivity index (χ0) is 18.4. The molecule has 0 nitrogen and oxygen atoms in total. The van der Waals surface area contributed by atoms with Crippen molar-refractivity contribution >= 4 is 115 Å². The summed E-state index contributed by atoms with van der Waals surface area (Å²) in [6, 6.07) is 13.1. The molecule has 0 heterocycles. The van der Waals surface area contributed by atoms with Crippen LogP contribution in [0.2, 0.25) is 0 Å². The van der Waals surface area contributed by atoms with E-state index in [1.165, 1.54) is 6.42 Å². The molecule has 0 aliphatic rings. The van der Waals surface area contributed by atoms with Crippen molar-refractivity contribution < 1.29 is 0 Å². The second kappa shape index (κ2) is 7.38. The van der Waals surface area contributed by atoms with Gasteiger partial charge in [0.15, 0.2) is 13.0 Å². The Bertz CT molecular complexity index is 726. The van der Waals surface area contributed by atoms with Crippen molar-refractivity contribution in [1.29, 1.82) is 0 Å². The van der Waals surface area contributed by atoms with E-state index in [9.17, 15) is 0 Å². The molecule has 0 spiro atoms.